The van der Waals surface area contributed by atoms with E-state index in [1.165, 1.54) is 28.7 Å². The molecule has 0 saturated carbocycles. The van der Waals surface area contributed by atoms with Gasteiger partial charge in [-0.25, -0.2) is 0 Å². The van der Waals surface area contributed by atoms with Gasteiger partial charge in [-0.05, 0) is 43.5 Å². The molecule has 2 heteroatoms. The first-order chi connectivity index (χ1) is 10.8. The summed E-state index contributed by atoms with van der Waals surface area (Å²) in [7, 11) is 0. The first-order valence-electron chi connectivity index (χ1n) is 8.32. The van der Waals surface area contributed by atoms with Crippen LogP contribution in [0.25, 0.3) is 0 Å². The van der Waals surface area contributed by atoms with Crippen LogP contribution in [0, 0.1) is 13.8 Å². The monoisotopic (exact) mass is 294 g/mol. The lowest BCUT2D eigenvalue weighted by molar-refractivity contribution is 0.240. The Morgan fingerprint density at radius 2 is 1.77 bits per heavy atom. The van der Waals surface area contributed by atoms with E-state index in [2.05, 4.69) is 72.6 Å². The molecule has 1 saturated heterocycles. The summed E-state index contributed by atoms with van der Waals surface area (Å²) in [6.45, 7) is 8.89. The SMILES string of the molecule is Cc1ccc(C)c(C(c2ccccc2)N2CCCNCC2)c1. The molecule has 1 N–H and O–H groups in total. The summed E-state index contributed by atoms with van der Waals surface area (Å²) in [6.07, 6.45) is 1.22. The van der Waals surface area contributed by atoms with Crippen molar-refractivity contribution in [1.29, 1.82) is 0 Å². The van der Waals surface area contributed by atoms with E-state index in [0.29, 0.717) is 6.04 Å². The van der Waals surface area contributed by atoms with Crippen LogP contribution in [-0.4, -0.2) is 31.1 Å². The van der Waals surface area contributed by atoms with Crippen LogP contribution in [0.15, 0.2) is 48.5 Å². The number of nitrogens with one attached hydrogen (secondary N) is 1. The average molecular weight is 294 g/mol. The van der Waals surface area contributed by atoms with Crippen molar-refractivity contribution in [3.05, 3.63) is 70.8 Å². The smallest absolute Gasteiger partial charge is 0.0604 e. The fourth-order valence-electron chi connectivity index (χ4n) is 3.40. The highest BCUT2D eigenvalue weighted by atomic mass is 15.2. The van der Waals surface area contributed by atoms with Gasteiger partial charge in [0.15, 0.2) is 0 Å². The Morgan fingerprint density at radius 1 is 0.955 bits per heavy atom. The molecule has 2 aromatic rings. The zero-order valence-corrected chi connectivity index (χ0v) is 13.7. The maximum atomic E-state index is 3.52. The molecular weight excluding hydrogens is 268 g/mol. The van der Waals surface area contributed by atoms with Crippen molar-refractivity contribution in [3.63, 3.8) is 0 Å². The second-order valence-corrected chi connectivity index (χ2v) is 6.31. The second kappa shape index (κ2) is 7.08. The summed E-state index contributed by atoms with van der Waals surface area (Å²) in [5, 5.41) is 3.52. The standard InChI is InChI=1S/C20H26N2/c1-16-9-10-17(2)19(15-16)20(18-7-4-3-5-8-18)22-13-6-11-21-12-14-22/h3-5,7-10,15,20-21H,6,11-14H2,1-2H3. The van der Waals surface area contributed by atoms with Crippen LogP contribution in [0.4, 0.5) is 0 Å². The first-order valence-corrected chi connectivity index (χ1v) is 8.32. The zero-order valence-electron chi connectivity index (χ0n) is 13.7. The van der Waals surface area contributed by atoms with Gasteiger partial charge in [0.05, 0.1) is 6.04 Å². The number of benzene rings is 2. The van der Waals surface area contributed by atoms with Gasteiger partial charge in [0.25, 0.3) is 0 Å². The van der Waals surface area contributed by atoms with E-state index < -0.39 is 0 Å². The van der Waals surface area contributed by atoms with Gasteiger partial charge in [0.2, 0.25) is 0 Å². The number of rotatable bonds is 3. The van der Waals surface area contributed by atoms with Crippen LogP contribution in [0.5, 0.6) is 0 Å². The Balaban J connectivity index is 2.04. The Hall–Kier alpha value is -1.64. The van der Waals surface area contributed by atoms with Gasteiger partial charge >= 0.3 is 0 Å². The second-order valence-electron chi connectivity index (χ2n) is 6.31. The minimum absolute atomic E-state index is 0.362. The van der Waals surface area contributed by atoms with Gasteiger partial charge in [0.1, 0.15) is 0 Å². The lowest BCUT2D eigenvalue weighted by atomic mass is 9.92. The lowest BCUT2D eigenvalue weighted by Gasteiger charge is -2.32. The van der Waals surface area contributed by atoms with Gasteiger partial charge in [-0.15, -0.1) is 0 Å². The van der Waals surface area contributed by atoms with Gasteiger partial charge in [-0.2, -0.15) is 0 Å². The van der Waals surface area contributed by atoms with Gasteiger partial charge < -0.3 is 5.32 Å². The van der Waals surface area contributed by atoms with Crippen molar-refractivity contribution in [3.8, 4) is 0 Å². The Labute approximate surface area is 134 Å². The fraction of sp³-hybridized carbons (Fsp3) is 0.400. The predicted octanol–water partition coefficient (Wildman–Crippen LogP) is 3.69. The van der Waals surface area contributed by atoms with Gasteiger partial charge in [0, 0.05) is 19.6 Å². The third-order valence-electron chi connectivity index (χ3n) is 4.58. The molecule has 2 nitrogen and oxygen atoms in total. The molecule has 1 aliphatic rings. The van der Waals surface area contributed by atoms with Crippen molar-refractivity contribution < 1.29 is 0 Å². The topological polar surface area (TPSA) is 15.3 Å². The Bertz CT molecular complexity index is 598. The highest BCUT2D eigenvalue weighted by molar-refractivity contribution is 5.39. The van der Waals surface area contributed by atoms with E-state index in [1.54, 1.807) is 0 Å². The lowest BCUT2D eigenvalue weighted by Crippen LogP contribution is -2.33. The van der Waals surface area contributed by atoms with Gasteiger partial charge in [-0.1, -0.05) is 54.1 Å². The quantitative estimate of drug-likeness (QED) is 0.929. The highest BCUT2D eigenvalue weighted by Crippen LogP contribution is 2.31. The van der Waals surface area contributed by atoms with Crippen molar-refractivity contribution in [2.75, 3.05) is 26.2 Å². The van der Waals surface area contributed by atoms with Crippen LogP contribution in [-0.2, 0) is 0 Å². The Kier molecular flexibility index (Phi) is 4.91. The summed E-state index contributed by atoms with van der Waals surface area (Å²) in [5.74, 6) is 0. The molecule has 22 heavy (non-hydrogen) atoms. The van der Waals surface area contributed by atoms with E-state index in [-0.39, 0.29) is 0 Å². The fourth-order valence-corrected chi connectivity index (χ4v) is 3.40. The number of aryl methyl sites for hydroxylation is 2. The molecule has 0 aromatic heterocycles. The molecule has 0 spiro atoms. The van der Waals surface area contributed by atoms with Crippen LogP contribution >= 0.6 is 0 Å². The molecule has 2 aromatic carbocycles. The summed E-state index contributed by atoms with van der Waals surface area (Å²) >= 11 is 0. The summed E-state index contributed by atoms with van der Waals surface area (Å²) in [6, 6.07) is 18.2. The normalized spacial score (nSPS) is 17.9. The number of nitrogens with zero attached hydrogens (tertiary/aromatic N) is 1. The molecule has 116 valence electrons. The zero-order chi connectivity index (χ0) is 15.4. The maximum Gasteiger partial charge on any atom is 0.0604 e. The summed E-state index contributed by atoms with van der Waals surface area (Å²) in [4.78, 5) is 2.64. The predicted molar refractivity (Wildman–Crippen MR) is 93.3 cm³/mol. The van der Waals surface area contributed by atoms with Gasteiger partial charge in [-0.3, -0.25) is 4.90 Å². The largest absolute Gasteiger partial charge is 0.315 e. The van der Waals surface area contributed by atoms with Crippen LogP contribution in [0.3, 0.4) is 0 Å². The first kappa shape index (κ1) is 15.3. The van der Waals surface area contributed by atoms with E-state index in [4.69, 9.17) is 0 Å². The molecule has 0 bridgehead atoms. The molecule has 0 aliphatic carbocycles. The maximum absolute atomic E-state index is 3.52. The van der Waals surface area contributed by atoms with Crippen LogP contribution in [0.1, 0.15) is 34.7 Å². The number of hydrogen-bond acceptors (Lipinski definition) is 2. The molecular formula is C20H26N2. The molecule has 1 unspecified atom stereocenters. The minimum Gasteiger partial charge on any atom is -0.315 e. The molecule has 0 amide bonds. The molecule has 3 rings (SSSR count). The summed E-state index contributed by atoms with van der Waals surface area (Å²) < 4.78 is 0. The van der Waals surface area contributed by atoms with Crippen molar-refractivity contribution in [1.82, 2.24) is 10.2 Å². The minimum atomic E-state index is 0.362. The van der Waals surface area contributed by atoms with Crippen LogP contribution < -0.4 is 5.32 Å². The Morgan fingerprint density at radius 3 is 2.59 bits per heavy atom. The van der Waals surface area contributed by atoms with E-state index >= 15 is 0 Å². The van der Waals surface area contributed by atoms with E-state index in [1.807, 2.05) is 0 Å². The number of hydrogen-bond donors (Lipinski definition) is 1. The summed E-state index contributed by atoms with van der Waals surface area (Å²) in [5.41, 5.74) is 5.58. The molecule has 1 fully saturated rings. The third kappa shape index (κ3) is 3.40. The van der Waals surface area contributed by atoms with Crippen molar-refractivity contribution in [2.24, 2.45) is 0 Å². The van der Waals surface area contributed by atoms with Crippen molar-refractivity contribution >= 4 is 0 Å². The third-order valence-corrected chi connectivity index (χ3v) is 4.58. The van der Waals surface area contributed by atoms with Crippen molar-refractivity contribution in [2.45, 2.75) is 26.3 Å². The van der Waals surface area contributed by atoms with E-state index in [0.717, 1.165) is 26.2 Å². The molecule has 1 heterocycles. The highest BCUT2D eigenvalue weighted by Gasteiger charge is 2.24. The molecule has 1 atom stereocenters. The average Bonchev–Trinajstić information content (AvgIpc) is 2.81. The van der Waals surface area contributed by atoms with E-state index in [9.17, 15) is 0 Å². The van der Waals surface area contributed by atoms with Crippen LogP contribution in [0.2, 0.25) is 0 Å². The molecule has 1 aliphatic heterocycles. The molecule has 0 radical (unpaired) electrons.